The Hall–Kier alpha value is -1.76. The van der Waals surface area contributed by atoms with E-state index in [1.165, 1.54) is 44.2 Å². The van der Waals surface area contributed by atoms with Gasteiger partial charge in [-0.1, -0.05) is 49.2 Å². The summed E-state index contributed by atoms with van der Waals surface area (Å²) >= 11 is 3.36. The van der Waals surface area contributed by atoms with Crippen LogP contribution in [0.4, 0.5) is 10.1 Å². The Morgan fingerprint density at radius 1 is 1.09 bits per heavy atom. The predicted molar refractivity (Wildman–Crippen MR) is 133 cm³/mol. The first-order valence-corrected chi connectivity index (χ1v) is 13.1. The number of para-hydroxylation sites is 1. The van der Waals surface area contributed by atoms with Gasteiger partial charge in [-0.15, -0.1) is 11.8 Å². The lowest BCUT2D eigenvalue weighted by atomic mass is 9.91. The van der Waals surface area contributed by atoms with Crippen LogP contribution in [0.3, 0.4) is 0 Å². The lowest BCUT2D eigenvalue weighted by Gasteiger charge is -2.31. The molecule has 0 N–H and O–H groups in total. The molecule has 0 saturated heterocycles. The fourth-order valence-corrected chi connectivity index (χ4v) is 6.15. The lowest BCUT2D eigenvalue weighted by molar-refractivity contribution is 0.00774. The van der Waals surface area contributed by atoms with E-state index in [0.29, 0.717) is 6.61 Å². The van der Waals surface area contributed by atoms with Crippen molar-refractivity contribution in [2.24, 2.45) is 10.9 Å². The summed E-state index contributed by atoms with van der Waals surface area (Å²) in [6, 6.07) is 16.6. The van der Waals surface area contributed by atoms with Crippen molar-refractivity contribution in [1.82, 2.24) is 0 Å². The quantitative estimate of drug-likeness (QED) is 0.225. The number of benzene rings is 2. The molecule has 170 valence electrons. The van der Waals surface area contributed by atoms with Crippen molar-refractivity contribution in [3.8, 4) is 0 Å². The van der Waals surface area contributed by atoms with E-state index in [4.69, 9.17) is 14.5 Å². The Balaban J connectivity index is 1.48. The Labute approximate surface area is 198 Å². The van der Waals surface area contributed by atoms with Crippen molar-refractivity contribution < 1.29 is 13.9 Å². The third-order valence-corrected chi connectivity index (χ3v) is 8.48. The predicted octanol–water partition coefficient (Wildman–Crippen LogP) is 7.61. The third kappa shape index (κ3) is 6.40. The van der Waals surface area contributed by atoms with Crippen molar-refractivity contribution in [1.29, 1.82) is 0 Å². The fraction of sp³-hybridized carbons (Fsp3) is 0.423. The molecule has 1 heterocycles. The van der Waals surface area contributed by atoms with Crippen molar-refractivity contribution in [2.45, 2.75) is 55.0 Å². The summed E-state index contributed by atoms with van der Waals surface area (Å²) < 4.78 is 25.6. The summed E-state index contributed by atoms with van der Waals surface area (Å²) in [6.45, 7) is 2.40. The number of nitrogens with zero attached hydrogens (tertiary/aromatic N) is 1. The first-order valence-electron chi connectivity index (χ1n) is 11.3. The maximum absolute atomic E-state index is 13.4. The zero-order valence-corrected chi connectivity index (χ0v) is 20.0. The number of ether oxygens (including phenoxy) is 2. The van der Waals surface area contributed by atoms with E-state index in [0.717, 1.165) is 27.3 Å². The highest BCUT2D eigenvalue weighted by Crippen LogP contribution is 2.42. The van der Waals surface area contributed by atoms with Crippen molar-refractivity contribution in [3.05, 3.63) is 72.8 Å². The molecule has 6 heteroatoms. The molecule has 32 heavy (non-hydrogen) atoms. The highest BCUT2D eigenvalue weighted by atomic mass is 32.2. The van der Waals surface area contributed by atoms with Gasteiger partial charge in [-0.25, -0.2) is 9.38 Å². The average molecular weight is 472 g/mol. The van der Waals surface area contributed by atoms with E-state index in [9.17, 15) is 4.39 Å². The van der Waals surface area contributed by atoms with Crippen LogP contribution in [0.5, 0.6) is 0 Å². The number of rotatable bonds is 8. The van der Waals surface area contributed by atoms with Crippen molar-refractivity contribution in [2.75, 3.05) is 12.4 Å². The Morgan fingerprint density at radius 2 is 1.84 bits per heavy atom. The second-order valence-corrected chi connectivity index (χ2v) is 10.7. The maximum atomic E-state index is 13.4. The molecule has 0 amide bonds. The number of thioether (sulfide) groups is 2. The van der Waals surface area contributed by atoms with Crippen LogP contribution < -0.4 is 0 Å². The SMILES string of the molecule is CC1OC=CC1(OCC(=Nc1ccccc1)SCC1CCCCC1)Sc1ccc(F)cc1. The van der Waals surface area contributed by atoms with E-state index in [-0.39, 0.29) is 11.9 Å². The van der Waals surface area contributed by atoms with Gasteiger partial charge in [0.05, 0.1) is 23.6 Å². The summed E-state index contributed by atoms with van der Waals surface area (Å²) in [5.74, 6) is 1.59. The van der Waals surface area contributed by atoms with Gasteiger partial charge in [0, 0.05) is 10.6 Å². The van der Waals surface area contributed by atoms with Crippen LogP contribution in [0.1, 0.15) is 39.0 Å². The zero-order chi connectivity index (χ0) is 22.2. The number of hydrogen-bond donors (Lipinski definition) is 0. The lowest BCUT2D eigenvalue weighted by Crippen LogP contribution is -2.37. The molecule has 0 bridgehead atoms. The Kier molecular flexibility index (Phi) is 8.33. The molecular formula is C26H30FNO2S2. The van der Waals surface area contributed by atoms with Crippen LogP contribution in [-0.2, 0) is 9.47 Å². The van der Waals surface area contributed by atoms with Crippen LogP contribution in [0.15, 0.2) is 76.8 Å². The van der Waals surface area contributed by atoms with E-state index in [1.807, 2.05) is 55.1 Å². The number of aliphatic imine (C=N–C) groups is 1. The summed E-state index contributed by atoms with van der Waals surface area (Å²) in [5, 5.41) is 0.980. The maximum Gasteiger partial charge on any atom is 0.176 e. The largest absolute Gasteiger partial charge is 0.494 e. The zero-order valence-electron chi connectivity index (χ0n) is 18.4. The summed E-state index contributed by atoms with van der Waals surface area (Å²) in [7, 11) is 0. The third-order valence-electron chi connectivity index (χ3n) is 5.88. The molecule has 2 atom stereocenters. The highest BCUT2D eigenvalue weighted by molar-refractivity contribution is 8.14. The van der Waals surface area contributed by atoms with Gasteiger partial charge in [-0.05, 0) is 68.2 Å². The van der Waals surface area contributed by atoms with Crippen LogP contribution in [0.2, 0.25) is 0 Å². The van der Waals surface area contributed by atoms with Gasteiger partial charge >= 0.3 is 0 Å². The Bertz CT molecular complexity index is 913. The molecular weight excluding hydrogens is 441 g/mol. The van der Waals surface area contributed by atoms with Gasteiger partial charge < -0.3 is 9.47 Å². The fourth-order valence-electron chi connectivity index (χ4n) is 3.98. The minimum absolute atomic E-state index is 0.168. The molecule has 0 spiro atoms. The molecule has 2 aliphatic rings. The molecule has 2 aromatic rings. The number of halogens is 1. The highest BCUT2D eigenvalue weighted by Gasteiger charge is 2.41. The summed E-state index contributed by atoms with van der Waals surface area (Å²) in [5.41, 5.74) is 0.939. The van der Waals surface area contributed by atoms with E-state index in [1.54, 1.807) is 30.2 Å². The molecule has 1 fully saturated rings. The van der Waals surface area contributed by atoms with Gasteiger partial charge in [0.25, 0.3) is 0 Å². The molecule has 1 aliphatic heterocycles. The average Bonchev–Trinajstić information content (AvgIpc) is 3.18. The van der Waals surface area contributed by atoms with Gasteiger partial charge in [0.15, 0.2) is 4.93 Å². The molecule has 1 saturated carbocycles. The first-order chi connectivity index (χ1) is 15.6. The van der Waals surface area contributed by atoms with Crippen LogP contribution in [0, 0.1) is 11.7 Å². The molecule has 0 aromatic heterocycles. The van der Waals surface area contributed by atoms with Crippen LogP contribution in [0.25, 0.3) is 0 Å². The molecule has 3 nitrogen and oxygen atoms in total. The second kappa shape index (κ2) is 11.4. The van der Waals surface area contributed by atoms with Crippen LogP contribution in [-0.4, -0.2) is 28.4 Å². The first kappa shape index (κ1) is 23.4. The minimum atomic E-state index is -0.680. The van der Waals surface area contributed by atoms with Gasteiger partial charge in [-0.2, -0.15) is 0 Å². The van der Waals surface area contributed by atoms with E-state index in [2.05, 4.69) is 0 Å². The Morgan fingerprint density at radius 3 is 2.53 bits per heavy atom. The standard InChI is InChI=1S/C26H30FNO2S2/c1-20-26(16-17-29-20,32-24-14-12-22(27)13-15-24)30-18-25(28-23-10-6-3-7-11-23)31-19-21-8-4-2-5-9-21/h3,6-7,10-17,20-21H,2,4-5,8-9,18-19H2,1H3. The molecule has 2 aromatic carbocycles. The summed E-state index contributed by atoms with van der Waals surface area (Å²) in [6.07, 6.45) is 10.1. The van der Waals surface area contributed by atoms with Crippen molar-refractivity contribution >= 4 is 34.3 Å². The van der Waals surface area contributed by atoms with E-state index >= 15 is 0 Å². The minimum Gasteiger partial charge on any atom is -0.494 e. The smallest absolute Gasteiger partial charge is 0.176 e. The topological polar surface area (TPSA) is 30.8 Å². The number of hydrogen-bond acceptors (Lipinski definition) is 5. The molecule has 0 radical (unpaired) electrons. The molecule has 4 rings (SSSR count). The normalized spacial score (nSPS) is 23.9. The summed E-state index contributed by atoms with van der Waals surface area (Å²) in [4.78, 5) is 5.16. The van der Waals surface area contributed by atoms with Gasteiger partial charge in [0.1, 0.15) is 11.9 Å². The van der Waals surface area contributed by atoms with Gasteiger partial charge in [-0.3, -0.25) is 0 Å². The molecule has 2 unspecified atom stereocenters. The molecule has 1 aliphatic carbocycles. The van der Waals surface area contributed by atoms with Gasteiger partial charge in [0.2, 0.25) is 0 Å². The van der Waals surface area contributed by atoms with Crippen molar-refractivity contribution in [3.63, 3.8) is 0 Å². The second-order valence-electron chi connectivity index (χ2n) is 8.30. The monoisotopic (exact) mass is 471 g/mol. The van der Waals surface area contributed by atoms with Crippen LogP contribution >= 0.6 is 23.5 Å². The van der Waals surface area contributed by atoms with E-state index < -0.39 is 4.93 Å².